The van der Waals surface area contributed by atoms with Crippen LogP contribution in [0.3, 0.4) is 0 Å². The van der Waals surface area contributed by atoms with Crippen LogP contribution >= 0.6 is 11.6 Å². The van der Waals surface area contributed by atoms with Gasteiger partial charge in [0.15, 0.2) is 0 Å². The van der Waals surface area contributed by atoms with Gasteiger partial charge in [-0.15, -0.1) is 0 Å². The molecule has 19 heavy (non-hydrogen) atoms. The van der Waals surface area contributed by atoms with E-state index < -0.39 is 0 Å². The highest BCUT2D eigenvalue weighted by Gasteiger charge is 2.29. The highest BCUT2D eigenvalue weighted by molar-refractivity contribution is 6.30. The lowest BCUT2D eigenvalue weighted by Crippen LogP contribution is -2.42. The summed E-state index contributed by atoms with van der Waals surface area (Å²) in [4.78, 5) is 0. The van der Waals surface area contributed by atoms with Crippen molar-refractivity contribution in [1.29, 1.82) is 0 Å². The summed E-state index contributed by atoms with van der Waals surface area (Å²) < 4.78 is 0. The van der Waals surface area contributed by atoms with Crippen LogP contribution in [0.4, 0.5) is 0 Å². The molecule has 1 atom stereocenters. The van der Waals surface area contributed by atoms with Crippen molar-refractivity contribution in [1.82, 2.24) is 5.32 Å². The first-order chi connectivity index (χ1) is 9.02. The number of rotatable bonds is 2. The van der Waals surface area contributed by atoms with Crippen LogP contribution in [-0.2, 0) is 12.8 Å². The van der Waals surface area contributed by atoms with Crippen molar-refractivity contribution in [3.05, 3.63) is 34.3 Å². The van der Waals surface area contributed by atoms with Crippen LogP contribution in [0.2, 0.25) is 5.02 Å². The third-order valence-corrected chi connectivity index (χ3v) is 5.15. The predicted octanol–water partition coefficient (Wildman–Crippen LogP) is 4.37. The van der Waals surface area contributed by atoms with E-state index in [9.17, 15) is 0 Å². The zero-order chi connectivity index (χ0) is 13.5. The molecule has 2 heteroatoms. The van der Waals surface area contributed by atoms with Crippen LogP contribution < -0.4 is 5.32 Å². The van der Waals surface area contributed by atoms with Crippen molar-refractivity contribution in [3.63, 3.8) is 0 Å². The minimum atomic E-state index is 0.560. The predicted molar refractivity (Wildman–Crippen MR) is 81.8 cm³/mol. The maximum absolute atomic E-state index is 6.07. The molecule has 0 amide bonds. The standard InChI is InChI=1S/C17H24ClN/c1-17(2)7-5-15(6-8-17)19-16-10-12-3-4-14(18)9-13(12)11-16/h3-4,9,15-16,19H,5-8,10-11H2,1-2H3. The van der Waals surface area contributed by atoms with E-state index in [1.807, 2.05) is 6.07 Å². The summed E-state index contributed by atoms with van der Waals surface area (Å²) in [7, 11) is 0. The van der Waals surface area contributed by atoms with Crippen LogP contribution in [0.5, 0.6) is 0 Å². The first-order valence-corrected chi connectivity index (χ1v) is 7.93. The smallest absolute Gasteiger partial charge is 0.0408 e. The molecule has 0 aromatic heterocycles. The normalized spacial score (nSPS) is 26.4. The highest BCUT2D eigenvalue weighted by Crippen LogP contribution is 2.35. The lowest BCUT2D eigenvalue weighted by atomic mass is 9.75. The van der Waals surface area contributed by atoms with Gasteiger partial charge in [0, 0.05) is 17.1 Å². The fourth-order valence-electron chi connectivity index (χ4n) is 3.60. The van der Waals surface area contributed by atoms with E-state index >= 15 is 0 Å². The zero-order valence-corrected chi connectivity index (χ0v) is 12.8. The third-order valence-electron chi connectivity index (χ3n) is 4.91. The van der Waals surface area contributed by atoms with E-state index in [0.29, 0.717) is 11.5 Å². The van der Waals surface area contributed by atoms with Crippen LogP contribution in [-0.4, -0.2) is 12.1 Å². The van der Waals surface area contributed by atoms with E-state index in [1.165, 1.54) is 43.2 Å². The molecule has 1 aromatic rings. The van der Waals surface area contributed by atoms with Gasteiger partial charge in [0.05, 0.1) is 0 Å². The SMILES string of the molecule is CC1(C)CCC(NC2Cc3ccc(Cl)cc3C2)CC1. The van der Waals surface area contributed by atoms with Gasteiger partial charge in [0.25, 0.3) is 0 Å². The Kier molecular flexibility index (Phi) is 3.61. The van der Waals surface area contributed by atoms with Gasteiger partial charge in [-0.3, -0.25) is 0 Å². The lowest BCUT2D eigenvalue weighted by molar-refractivity contribution is 0.198. The summed E-state index contributed by atoms with van der Waals surface area (Å²) in [6.07, 6.45) is 7.70. The van der Waals surface area contributed by atoms with Gasteiger partial charge in [0.2, 0.25) is 0 Å². The molecule has 0 bridgehead atoms. The number of hydrogen-bond acceptors (Lipinski definition) is 1. The van der Waals surface area contributed by atoms with Crippen molar-refractivity contribution in [3.8, 4) is 0 Å². The molecule has 1 saturated carbocycles. The molecule has 0 spiro atoms. The second kappa shape index (κ2) is 5.10. The number of hydrogen-bond donors (Lipinski definition) is 1. The van der Waals surface area contributed by atoms with Gasteiger partial charge in [-0.1, -0.05) is 31.5 Å². The zero-order valence-electron chi connectivity index (χ0n) is 12.0. The van der Waals surface area contributed by atoms with E-state index in [2.05, 4.69) is 31.3 Å². The maximum Gasteiger partial charge on any atom is 0.0408 e. The molecule has 1 aromatic carbocycles. The summed E-state index contributed by atoms with van der Waals surface area (Å²) in [6.45, 7) is 4.80. The monoisotopic (exact) mass is 277 g/mol. The van der Waals surface area contributed by atoms with Gasteiger partial charge in [0.1, 0.15) is 0 Å². The molecule has 1 unspecified atom stereocenters. The summed E-state index contributed by atoms with van der Waals surface area (Å²) in [5.41, 5.74) is 3.49. The van der Waals surface area contributed by atoms with Gasteiger partial charge in [-0.2, -0.15) is 0 Å². The highest BCUT2D eigenvalue weighted by atomic mass is 35.5. The fourth-order valence-corrected chi connectivity index (χ4v) is 3.80. The minimum absolute atomic E-state index is 0.560. The van der Waals surface area contributed by atoms with Crippen molar-refractivity contribution >= 4 is 11.6 Å². The third kappa shape index (κ3) is 3.14. The Hall–Kier alpha value is -0.530. The molecular weight excluding hydrogens is 254 g/mol. The van der Waals surface area contributed by atoms with Crippen molar-refractivity contribution in [2.45, 2.75) is 64.5 Å². The maximum atomic E-state index is 6.07. The molecule has 0 saturated heterocycles. The summed E-state index contributed by atoms with van der Waals surface area (Å²) >= 11 is 6.07. The second-order valence-corrected chi connectivity index (χ2v) is 7.56. The number of benzene rings is 1. The van der Waals surface area contributed by atoms with Gasteiger partial charge in [-0.05, 0) is 67.2 Å². The quantitative estimate of drug-likeness (QED) is 0.847. The Balaban J connectivity index is 1.56. The van der Waals surface area contributed by atoms with Crippen LogP contribution in [0.15, 0.2) is 18.2 Å². The molecule has 1 nitrogen and oxygen atoms in total. The number of nitrogens with one attached hydrogen (secondary N) is 1. The van der Waals surface area contributed by atoms with Gasteiger partial charge >= 0.3 is 0 Å². The molecule has 1 N–H and O–H groups in total. The van der Waals surface area contributed by atoms with Crippen LogP contribution in [0.1, 0.15) is 50.7 Å². The molecule has 0 aliphatic heterocycles. The summed E-state index contributed by atoms with van der Waals surface area (Å²) in [5.74, 6) is 0. The first kappa shape index (κ1) is 13.5. The Morgan fingerprint density at radius 3 is 2.47 bits per heavy atom. The average Bonchev–Trinajstić information content (AvgIpc) is 2.73. The largest absolute Gasteiger partial charge is 0.311 e. The van der Waals surface area contributed by atoms with E-state index in [-0.39, 0.29) is 0 Å². The molecular formula is C17H24ClN. The molecule has 0 radical (unpaired) electrons. The van der Waals surface area contributed by atoms with Crippen molar-refractivity contribution in [2.24, 2.45) is 5.41 Å². The Morgan fingerprint density at radius 2 is 1.74 bits per heavy atom. The van der Waals surface area contributed by atoms with Gasteiger partial charge < -0.3 is 5.32 Å². The van der Waals surface area contributed by atoms with Gasteiger partial charge in [-0.25, -0.2) is 0 Å². The molecule has 0 heterocycles. The second-order valence-electron chi connectivity index (χ2n) is 7.12. The molecule has 2 aliphatic rings. The molecule has 3 rings (SSSR count). The summed E-state index contributed by atoms with van der Waals surface area (Å²) in [5, 5.41) is 4.75. The Labute approximate surface area is 121 Å². The van der Waals surface area contributed by atoms with Crippen molar-refractivity contribution in [2.75, 3.05) is 0 Å². The Bertz CT molecular complexity index is 456. The van der Waals surface area contributed by atoms with E-state index in [4.69, 9.17) is 11.6 Å². The van der Waals surface area contributed by atoms with E-state index in [1.54, 1.807) is 0 Å². The minimum Gasteiger partial charge on any atom is -0.311 e. The average molecular weight is 278 g/mol. The molecule has 2 aliphatic carbocycles. The summed E-state index contributed by atoms with van der Waals surface area (Å²) in [6, 6.07) is 7.71. The number of fused-ring (bicyclic) bond motifs is 1. The van der Waals surface area contributed by atoms with Crippen molar-refractivity contribution < 1.29 is 0 Å². The topological polar surface area (TPSA) is 12.0 Å². The first-order valence-electron chi connectivity index (χ1n) is 7.55. The van der Waals surface area contributed by atoms with Crippen LogP contribution in [0.25, 0.3) is 0 Å². The molecule has 1 fully saturated rings. The van der Waals surface area contributed by atoms with E-state index in [0.717, 1.165) is 17.5 Å². The number of halogens is 1. The molecule has 104 valence electrons. The lowest BCUT2D eigenvalue weighted by Gasteiger charge is -2.36. The fraction of sp³-hybridized carbons (Fsp3) is 0.647. The van der Waals surface area contributed by atoms with Crippen LogP contribution in [0, 0.1) is 5.41 Å². The Morgan fingerprint density at radius 1 is 1.05 bits per heavy atom.